The van der Waals surface area contributed by atoms with Gasteiger partial charge in [0.1, 0.15) is 5.82 Å². The highest BCUT2D eigenvalue weighted by atomic mass is 32.2. The fraction of sp³-hybridized carbons (Fsp3) is 0.500. The van der Waals surface area contributed by atoms with E-state index in [1.165, 1.54) is 11.5 Å². The van der Waals surface area contributed by atoms with E-state index in [-0.39, 0.29) is 29.8 Å². The van der Waals surface area contributed by atoms with Crippen molar-refractivity contribution in [2.24, 2.45) is 5.92 Å². The van der Waals surface area contributed by atoms with Crippen LogP contribution in [0.2, 0.25) is 0 Å². The topological polar surface area (TPSA) is 57.7 Å². The van der Waals surface area contributed by atoms with Crippen molar-refractivity contribution >= 4 is 15.7 Å². The third kappa shape index (κ3) is 4.89. The van der Waals surface area contributed by atoms with E-state index >= 15 is 0 Å². The second-order valence-electron chi connectivity index (χ2n) is 6.72. The average Bonchev–Trinajstić information content (AvgIpc) is 2.77. The minimum atomic E-state index is -3.12. The molecule has 2 aliphatic rings. The van der Waals surface area contributed by atoms with E-state index < -0.39 is 9.84 Å². The van der Waals surface area contributed by atoms with Gasteiger partial charge in [-0.25, -0.2) is 12.8 Å². The summed E-state index contributed by atoms with van der Waals surface area (Å²) in [6.07, 6.45) is 2.69. The fourth-order valence-corrected chi connectivity index (χ4v) is 4.77. The van der Waals surface area contributed by atoms with Crippen molar-refractivity contribution in [3.8, 4) is 0 Å². The first-order valence-corrected chi connectivity index (χ1v) is 10.3. The number of sulfone groups is 1. The van der Waals surface area contributed by atoms with Crippen molar-refractivity contribution in [3.63, 3.8) is 0 Å². The van der Waals surface area contributed by atoms with Crippen LogP contribution in [0.4, 0.5) is 4.39 Å². The maximum absolute atomic E-state index is 13.8. The van der Waals surface area contributed by atoms with Crippen molar-refractivity contribution in [1.29, 1.82) is 0 Å². The number of hydrogen-bond acceptors (Lipinski definition) is 4. The monoisotopic (exact) mass is 366 g/mol. The van der Waals surface area contributed by atoms with Crippen LogP contribution >= 0.6 is 0 Å². The minimum absolute atomic E-state index is 0.000471. The third-order valence-corrected chi connectivity index (χ3v) is 6.20. The highest BCUT2D eigenvalue weighted by molar-refractivity contribution is 7.94. The first-order valence-electron chi connectivity index (χ1n) is 8.57. The van der Waals surface area contributed by atoms with Gasteiger partial charge >= 0.3 is 0 Å². The number of allylic oxidation sites excluding steroid dienone is 1. The van der Waals surface area contributed by atoms with E-state index in [2.05, 4.69) is 4.90 Å². The fourth-order valence-electron chi connectivity index (χ4n) is 3.37. The normalized spacial score (nSPS) is 23.6. The van der Waals surface area contributed by atoms with Crippen LogP contribution in [0.25, 0.3) is 0 Å². The van der Waals surface area contributed by atoms with Crippen LogP contribution in [0.1, 0.15) is 18.4 Å². The summed E-state index contributed by atoms with van der Waals surface area (Å²) in [5.74, 6) is -0.380. The van der Waals surface area contributed by atoms with Gasteiger partial charge in [-0.2, -0.15) is 0 Å². The lowest BCUT2D eigenvalue weighted by Crippen LogP contribution is -2.36. The molecular weight excluding hydrogens is 343 g/mol. The van der Waals surface area contributed by atoms with Gasteiger partial charge in [0.2, 0.25) is 5.91 Å². The molecular formula is C18H23FN2O3S. The zero-order chi connectivity index (χ0) is 17.9. The lowest BCUT2D eigenvalue weighted by molar-refractivity contribution is -0.131. The largest absolute Gasteiger partial charge is 0.341 e. The Balaban J connectivity index is 1.52. The Kier molecular flexibility index (Phi) is 5.54. The van der Waals surface area contributed by atoms with E-state index in [0.717, 1.165) is 13.0 Å². The molecule has 0 aromatic heterocycles. The van der Waals surface area contributed by atoms with Crippen LogP contribution in [0.3, 0.4) is 0 Å². The second kappa shape index (κ2) is 7.66. The highest BCUT2D eigenvalue weighted by Crippen LogP contribution is 2.20. The molecule has 1 aromatic rings. The molecule has 1 saturated heterocycles. The Labute approximate surface area is 148 Å². The summed E-state index contributed by atoms with van der Waals surface area (Å²) in [6.45, 7) is 3.30. The Morgan fingerprint density at radius 1 is 1.16 bits per heavy atom. The van der Waals surface area contributed by atoms with Gasteiger partial charge in [0.25, 0.3) is 0 Å². The molecule has 7 heteroatoms. The number of carbonyl (C=O) groups is 1. The summed E-state index contributed by atoms with van der Waals surface area (Å²) in [6, 6.07) is 6.76. The number of hydrogen-bond donors (Lipinski definition) is 0. The number of carbonyl (C=O) groups excluding carboxylic acids is 1. The quantitative estimate of drug-likeness (QED) is 0.816. The van der Waals surface area contributed by atoms with Gasteiger partial charge in [0.05, 0.1) is 5.75 Å². The highest BCUT2D eigenvalue weighted by Gasteiger charge is 2.27. The average molecular weight is 366 g/mol. The third-order valence-electron chi connectivity index (χ3n) is 4.73. The van der Waals surface area contributed by atoms with Crippen molar-refractivity contribution < 1.29 is 17.6 Å². The number of amides is 1. The van der Waals surface area contributed by atoms with Crippen molar-refractivity contribution in [2.45, 2.75) is 19.4 Å². The number of benzene rings is 1. The molecule has 3 rings (SSSR count). The molecule has 136 valence electrons. The Hall–Kier alpha value is -1.73. The predicted octanol–water partition coefficient (Wildman–Crippen LogP) is 1.81. The molecule has 0 spiro atoms. The van der Waals surface area contributed by atoms with Gasteiger partial charge in [0, 0.05) is 56.0 Å². The molecule has 0 radical (unpaired) electrons. The first kappa shape index (κ1) is 18.1. The molecule has 1 fully saturated rings. The molecule has 1 unspecified atom stereocenters. The van der Waals surface area contributed by atoms with Gasteiger partial charge in [-0.15, -0.1) is 0 Å². The molecule has 2 aliphatic heterocycles. The first-order chi connectivity index (χ1) is 11.9. The van der Waals surface area contributed by atoms with E-state index in [9.17, 15) is 17.6 Å². The van der Waals surface area contributed by atoms with E-state index in [1.807, 2.05) is 6.07 Å². The van der Waals surface area contributed by atoms with Gasteiger partial charge in [-0.05, 0) is 12.5 Å². The SMILES string of the molecule is O=C(CC1C=CS(=O)(=O)C1)N1CCCN(Cc2ccccc2F)CC1. The zero-order valence-electron chi connectivity index (χ0n) is 14.1. The number of halogens is 1. The van der Waals surface area contributed by atoms with Crippen LogP contribution in [0.15, 0.2) is 35.7 Å². The second-order valence-corrected chi connectivity index (χ2v) is 8.66. The Morgan fingerprint density at radius 2 is 1.96 bits per heavy atom. The van der Waals surface area contributed by atoms with Gasteiger partial charge in [0.15, 0.2) is 9.84 Å². The van der Waals surface area contributed by atoms with Crippen LogP contribution in [-0.4, -0.2) is 56.1 Å². The number of nitrogens with zero attached hydrogens (tertiary/aromatic N) is 2. The van der Waals surface area contributed by atoms with Crippen LogP contribution in [-0.2, 0) is 21.2 Å². The molecule has 1 atom stereocenters. The summed E-state index contributed by atoms with van der Waals surface area (Å²) >= 11 is 0. The predicted molar refractivity (Wildman–Crippen MR) is 93.9 cm³/mol. The Bertz CT molecular complexity index is 763. The molecule has 0 aliphatic carbocycles. The van der Waals surface area contributed by atoms with E-state index in [4.69, 9.17) is 0 Å². The van der Waals surface area contributed by atoms with Crippen LogP contribution in [0.5, 0.6) is 0 Å². The maximum atomic E-state index is 13.8. The summed E-state index contributed by atoms with van der Waals surface area (Å²) in [7, 11) is -3.12. The van der Waals surface area contributed by atoms with Crippen molar-refractivity contribution in [2.75, 3.05) is 31.9 Å². The summed E-state index contributed by atoms with van der Waals surface area (Å²) in [5, 5.41) is 1.21. The Morgan fingerprint density at radius 3 is 2.68 bits per heavy atom. The molecule has 0 N–H and O–H groups in total. The zero-order valence-corrected chi connectivity index (χ0v) is 14.9. The van der Waals surface area contributed by atoms with Gasteiger partial charge < -0.3 is 4.90 Å². The molecule has 1 amide bonds. The molecule has 0 bridgehead atoms. The van der Waals surface area contributed by atoms with Crippen LogP contribution < -0.4 is 0 Å². The van der Waals surface area contributed by atoms with Crippen LogP contribution in [0, 0.1) is 11.7 Å². The van der Waals surface area contributed by atoms with Crippen molar-refractivity contribution in [1.82, 2.24) is 9.80 Å². The number of rotatable bonds is 4. The lowest BCUT2D eigenvalue weighted by Gasteiger charge is -2.23. The van der Waals surface area contributed by atoms with Gasteiger partial charge in [-0.3, -0.25) is 9.69 Å². The molecule has 0 saturated carbocycles. The van der Waals surface area contributed by atoms with Gasteiger partial charge in [-0.1, -0.05) is 24.3 Å². The summed E-state index contributed by atoms with van der Waals surface area (Å²) in [5.41, 5.74) is 0.670. The maximum Gasteiger partial charge on any atom is 0.223 e. The summed E-state index contributed by atoms with van der Waals surface area (Å²) in [4.78, 5) is 16.4. The molecule has 25 heavy (non-hydrogen) atoms. The standard InChI is InChI=1S/C18H23FN2O3S/c19-17-5-2-1-4-16(17)13-20-7-3-8-21(10-9-20)18(22)12-15-6-11-25(23,24)14-15/h1-2,4-6,11,15H,3,7-10,12-14H2. The van der Waals surface area contributed by atoms with E-state index in [0.29, 0.717) is 31.7 Å². The van der Waals surface area contributed by atoms with E-state index in [1.54, 1.807) is 23.1 Å². The summed E-state index contributed by atoms with van der Waals surface area (Å²) < 4.78 is 36.7. The molecule has 1 aromatic carbocycles. The minimum Gasteiger partial charge on any atom is -0.341 e. The lowest BCUT2D eigenvalue weighted by atomic mass is 10.1. The molecule has 5 nitrogen and oxygen atoms in total. The smallest absolute Gasteiger partial charge is 0.223 e. The molecule has 2 heterocycles. The van der Waals surface area contributed by atoms with Crippen molar-refractivity contribution in [3.05, 3.63) is 47.1 Å².